The number of hydrogen-bond acceptors (Lipinski definition) is 2. The summed E-state index contributed by atoms with van der Waals surface area (Å²) in [6.45, 7) is 3.00. The van der Waals surface area contributed by atoms with Crippen molar-refractivity contribution in [1.29, 1.82) is 0 Å². The van der Waals surface area contributed by atoms with Crippen LogP contribution in [0, 0.1) is 12.7 Å². The van der Waals surface area contributed by atoms with Gasteiger partial charge in [-0.2, -0.15) is 0 Å². The third kappa shape index (κ3) is 3.62. The number of fused-ring (bicyclic) bond motifs is 1. The number of hydrogen-bond donors (Lipinski definition) is 1. The van der Waals surface area contributed by atoms with Crippen molar-refractivity contribution in [2.45, 2.75) is 38.6 Å². The fourth-order valence-corrected chi connectivity index (χ4v) is 2.73. The summed E-state index contributed by atoms with van der Waals surface area (Å²) in [5.74, 6) is -0.209. The van der Waals surface area contributed by atoms with Gasteiger partial charge in [-0.05, 0) is 37.9 Å². The molecule has 0 amide bonds. The molecule has 0 aliphatic carbocycles. The third-order valence-electron chi connectivity index (χ3n) is 3.62. The van der Waals surface area contributed by atoms with Gasteiger partial charge in [-0.1, -0.05) is 6.42 Å². The molecule has 1 aliphatic heterocycles. The lowest BCUT2D eigenvalue weighted by Gasteiger charge is -2.22. The standard InChI is InChI=1S/C14H18FN3.2ClH/c1-10-6-11(15)8-18-9-13(17-14(10)18)7-12-4-2-3-5-16-12;;/h6,8-9,12,16H,2-5,7H2,1H3;2*1H/t12-;;/m0../s1. The predicted molar refractivity (Wildman–Crippen MR) is 83.7 cm³/mol. The van der Waals surface area contributed by atoms with Crippen molar-refractivity contribution in [3.05, 3.63) is 35.5 Å². The van der Waals surface area contributed by atoms with Gasteiger partial charge in [-0.25, -0.2) is 9.37 Å². The average molecular weight is 320 g/mol. The highest BCUT2D eigenvalue weighted by Crippen LogP contribution is 2.16. The molecule has 3 nitrogen and oxygen atoms in total. The first-order valence-corrected chi connectivity index (χ1v) is 6.59. The van der Waals surface area contributed by atoms with Gasteiger partial charge in [-0.15, -0.1) is 24.8 Å². The Balaban J connectivity index is 0.000001000. The molecule has 2 aromatic rings. The number of aromatic nitrogens is 2. The van der Waals surface area contributed by atoms with Crippen LogP contribution in [0.25, 0.3) is 5.65 Å². The molecular formula is C14H20Cl2FN3. The van der Waals surface area contributed by atoms with Gasteiger partial charge in [0.15, 0.2) is 0 Å². The van der Waals surface area contributed by atoms with Crippen LogP contribution in [0.1, 0.15) is 30.5 Å². The van der Waals surface area contributed by atoms with E-state index in [1.807, 2.05) is 13.1 Å². The van der Waals surface area contributed by atoms with Gasteiger partial charge >= 0.3 is 0 Å². The zero-order valence-electron chi connectivity index (χ0n) is 11.4. The van der Waals surface area contributed by atoms with E-state index >= 15 is 0 Å². The molecule has 0 unspecified atom stereocenters. The van der Waals surface area contributed by atoms with Crippen molar-refractivity contribution in [3.63, 3.8) is 0 Å². The van der Waals surface area contributed by atoms with Crippen LogP contribution in [0.4, 0.5) is 4.39 Å². The number of halogens is 3. The van der Waals surface area contributed by atoms with E-state index in [0.717, 1.165) is 29.9 Å². The molecule has 3 heterocycles. The Labute approximate surface area is 130 Å². The number of rotatable bonds is 2. The van der Waals surface area contributed by atoms with Crippen LogP contribution < -0.4 is 5.32 Å². The molecule has 6 heteroatoms. The van der Waals surface area contributed by atoms with Gasteiger partial charge in [0.1, 0.15) is 11.5 Å². The predicted octanol–water partition coefficient (Wildman–Crippen LogP) is 3.31. The minimum atomic E-state index is -0.209. The summed E-state index contributed by atoms with van der Waals surface area (Å²) < 4.78 is 15.1. The van der Waals surface area contributed by atoms with Crippen LogP contribution in [-0.2, 0) is 6.42 Å². The maximum atomic E-state index is 13.3. The van der Waals surface area contributed by atoms with Gasteiger partial charge in [0.25, 0.3) is 0 Å². The molecule has 2 aromatic heterocycles. The molecule has 1 N–H and O–H groups in total. The van der Waals surface area contributed by atoms with Gasteiger partial charge < -0.3 is 9.72 Å². The smallest absolute Gasteiger partial charge is 0.140 e. The highest BCUT2D eigenvalue weighted by atomic mass is 35.5. The van der Waals surface area contributed by atoms with E-state index in [1.165, 1.54) is 31.5 Å². The summed E-state index contributed by atoms with van der Waals surface area (Å²) in [4.78, 5) is 4.60. The molecule has 1 atom stereocenters. The number of pyridine rings is 1. The Morgan fingerprint density at radius 3 is 2.85 bits per heavy atom. The fourth-order valence-electron chi connectivity index (χ4n) is 2.73. The number of piperidine rings is 1. The fraction of sp³-hybridized carbons (Fsp3) is 0.500. The minimum absolute atomic E-state index is 0. The Morgan fingerprint density at radius 2 is 2.15 bits per heavy atom. The summed E-state index contributed by atoms with van der Waals surface area (Å²) >= 11 is 0. The van der Waals surface area contributed by atoms with E-state index < -0.39 is 0 Å². The molecule has 0 radical (unpaired) electrons. The minimum Gasteiger partial charge on any atom is -0.314 e. The molecule has 1 fully saturated rings. The average Bonchev–Trinajstić information content (AvgIpc) is 2.73. The van der Waals surface area contributed by atoms with Gasteiger partial charge in [0.2, 0.25) is 0 Å². The van der Waals surface area contributed by atoms with E-state index in [-0.39, 0.29) is 30.6 Å². The monoisotopic (exact) mass is 319 g/mol. The normalized spacial score (nSPS) is 18.4. The van der Waals surface area contributed by atoms with Crippen LogP contribution in [-0.4, -0.2) is 22.0 Å². The summed E-state index contributed by atoms with van der Waals surface area (Å²) in [7, 11) is 0. The topological polar surface area (TPSA) is 29.3 Å². The first kappa shape index (κ1) is 17.2. The Hall–Kier alpha value is -0.840. The second-order valence-electron chi connectivity index (χ2n) is 5.16. The second kappa shape index (κ2) is 7.25. The quantitative estimate of drug-likeness (QED) is 0.920. The lowest BCUT2D eigenvalue weighted by Crippen LogP contribution is -2.35. The van der Waals surface area contributed by atoms with E-state index in [1.54, 1.807) is 4.40 Å². The number of nitrogens with one attached hydrogen (secondary N) is 1. The first-order chi connectivity index (χ1) is 8.72. The Bertz CT molecular complexity index is 565. The van der Waals surface area contributed by atoms with Crippen molar-refractivity contribution in [2.75, 3.05) is 6.54 Å². The maximum absolute atomic E-state index is 13.3. The lowest BCUT2D eigenvalue weighted by molar-refractivity contribution is 0.397. The summed E-state index contributed by atoms with van der Waals surface area (Å²) in [5, 5.41) is 3.51. The number of imidazole rings is 1. The Kier molecular flexibility index (Phi) is 6.24. The van der Waals surface area contributed by atoms with Crippen molar-refractivity contribution >= 4 is 30.5 Å². The highest BCUT2D eigenvalue weighted by Gasteiger charge is 2.15. The van der Waals surface area contributed by atoms with Gasteiger partial charge in [0.05, 0.1) is 5.69 Å². The van der Waals surface area contributed by atoms with Crippen molar-refractivity contribution in [1.82, 2.24) is 14.7 Å². The van der Waals surface area contributed by atoms with E-state index in [9.17, 15) is 4.39 Å². The van der Waals surface area contributed by atoms with Crippen LogP contribution in [0.15, 0.2) is 18.5 Å². The summed E-state index contributed by atoms with van der Waals surface area (Å²) in [6, 6.07) is 2.05. The molecule has 3 rings (SSSR count). The van der Waals surface area contributed by atoms with Gasteiger partial charge in [-0.3, -0.25) is 0 Å². The van der Waals surface area contributed by atoms with Crippen molar-refractivity contribution < 1.29 is 4.39 Å². The van der Waals surface area contributed by atoms with Crippen molar-refractivity contribution in [3.8, 4) is 0 Å². The largest absolute Gasteiger partial charge is 0.314 e. The third-order valence-corrected chi connectivity index (χ3v) is 3.62. The molecule has 0 saturated carbocycles. The molecule has 0 bridgehead atoms. The summed E-state index contributed by atoms with van der Waals surface area (Å²) in [5.41, 5.74) is 2.79. The van der Waals surface area contributed by atoms with Crippen LogP contribution in [0.2, 0.25) is 0 Å². The molecular weight excluding hydrogens is 300 g/mol. The van der Waals surface area contributed by atoms with Gasteiger partial charge in [0, 0.05) is 24.9 Å². The second-order valence-corrected chi connectivity index (χ2v) is 5.16. The SMILES string of the molecule is Cc1cc(F)cn2cc(C[C@@H]3CCCCN3)nc12.Cl.Cl. The molecule has 1 aliphatic rings. The lowest BCUT2D eigenvalue weighted by atomic mass is 10.0. The van der Waals surface area contributed by atoms with Crippen LogP contribution >= 0.6 is 24.8 Å². The molecule has 0 aromatic carbocycles. The van der Waals surface area contributed by atoms with Crippen LogP contribution in [0.5, 0.6) is 0 Å². The van der Waals surface area contributed by atoms with E-state index in [2.05, 4.69) is 10.3 Å². The van der Waals surface area contributed by atoms with Crippen LogP contribution in [0.3, 0.4) is 0 Å². The zero-order chi connectivity index (χ0) is 12.5. The highest BCUT2D eigenvalue weighted by molar-refractivity contribution is 5.85. The summed E-state index contributed by atoms with van der Waals surface area (Å²) in [6.07, 6.45) is 8.14. The molecule has 20 heavy (non-hydrogen) atoms. The number of nitrogens with zero attached hydrogens (tertiary/aromatic N) is 2. The zero-order valence-corrected chi connectivity index (χ0v) is 13.1. The molecule has 0 spiro atoms. The molecule has 112 valence electrons. The number of aryl methyl sites for hydroxylation is 1. The van der Waals surface area contributed by atoms with E-state index in [0.29, 0.717) is 6.04 Å². The Morgan fingerprint density at radius 1 is 1.35 bits per heavy atom. The maximum Gasteiger partial charge on any atom is 0.140 e. The molecule has 1 saturated heterocycles. The first-order valence-electron chi connectivity index (χ1n) is 6.59. The van der Waals surface area contributed by atoms with Crippen molar-refractivity contribution in [2.24, 2.45) is 0 Å². The van der Waals surface area contributed by atoms with E-state index in [4.69, 9.17) is 0 Å².